The van der Waals surface area contributed by atoms with Crippen LogP contribution in [0.5, 0.6) is 0 Å². The van der Waals surface area contributed by atoms with Crippen molar-refractivity contribution in [2.24, 2.45) is 0 Å². The zero-order chi connectivity index (χ0) is 14.1. The number of fused-ring (bicyclic) bond motifs is 1. The van der Waals surface area contributed by atoms with Crippen molar-refractivity contribution in [3.8, 4) is 5.69 Å². The van der Waals surface area contributed by atoms with Crippen LogP contribution in [0.15, 0.2) is 60.8 Å². The summed E-state index contributed by atoms with van der Waals surface area (Å²) >= 11 is 1.67. The summed E-state index contributed by atoms with van der Waals surface area (Å²) in [5.74, 6) is 0. The Morgan fingerprint density at radius 2 is 1.95 bits per heavy atom. The number of rotatable bonds is 4. The second-order valence-electron chi connectivity index (χ2n) is 4.94. The van der Waals surface area contributed by atoms with Crippen LogP contribution in [0.1, 0.15) is 11.3 Å². The fourth-order valence-corrected chi connectivity index (χ4v) is 3.19. The van der Waals surface area contributed by atoms with Crippen LogP contribution >= 0.6 is 11.3 Å². The normalized spacial score (nSPS) is 11.2. The van der Waals surface area contributed by atoms with Crippen LogP contribution in [0.4, 0.5) is 0 Å². The van der Waals surface area contributed by atoms with Gasteiger partial charge in [0, 0.05) is 35.4 Å². The van der Waals surface area contributed by atoms with E-state index in [1.165, 1.54) is 11.3 Å². The fourth-order valence-electron chi connectivity index (χ4n) is 2.48. The molecule has 1 aromatic carbocycles. The van der Waals surface area contributed by atoms with Gasteiger partial charge in [-0.05, 0) is 30.5 Å². The molecule has 0 fully saturated rings. The molecule has 0 radical (unpaired) electrons. The van der Waals surface area contributed by atoms with Crippen molar-refractivity contribution in [2.75, 3.05) is 0 Å². The van der Waals surface area contributed by atoms with Gasteiger partial charge in [-0.2, -0.15) is 0 Å². The van der Waals surface area contributed by atoms with Gasteiger partial charge < -0.3 is 4.57 Å². The van der Waals surface area contributed by atoms with Crippen LogP contribution in [-0.4, -0.2) is 18.9 Å². The molecule has 3 heterocycles. The Morgan fingerprint density at radius 1 is 1.05 bits per heavy atom. The second-order valence-corrected chi connectivity index (χ2v) is 5.81. The molecule has 0 atom stereocenters. The van der Waals surface area contributed by atoms with E-state index in [1.807, 2.05) is 23.3 Å². The number of aryl methyl sites for hydroxylation is 2. The molecule has 0 amide bonds. The van der Waals surface area contributed by atoms with E-state index in [2.05, 4.69) is 50.2 Å². The Kier molecular flexibility index (Phi) is 3.05. The maximum absolute atomic E-state index is 4.41. The lowest BCUT2D eigenvalue weighted by Gasteiger charge is -2.04. The maximum atomic E-state index is 4.41. The topological polar surface area (TPSA) is 35.1 Å². The Balaban J connectivity index is 1.49. The molecule has 0 spiro atoms. The molecule has 4 aromatic rings. The van der Waals surface area contributed by atoms with Gasteiger partial charge >= 0.3 is 0 Å². The summed E-state index contributed by atoms with van der Waals surface area (Å²) in [6.07, 6.45) is 11.6. The minimum absolute atomic E-state index is 1.00. The number of benzene rings is 1. The standard InChI is InChI=1S/C16H14N4S/c1-4-14(19-8-7-17-12-19)5-2-13(1)3-6-15-11-18-16-20(15)9-10-21-16/h1-2,4-5,7-12H,3,6H2. The molecular formula is C16H14N4S. The summed E-state index contributed by atoms with van der Waals surface area (Å²) in [6.45, 7) is 0. The highest BCUT2D eigenvalue weighted by Crippen LogP contribution is 2.15. The maximum Gasteiger partial charge on any atom is 0.193 e. The third-order valence-electron chi connectivity index (χ3n) is 3.63. The smallest absolute Gasteiger partial charge is 0.193 e. The van der Waals surface area contributed by atoms with Crippen LogP contribution in [-0.2, 0) is 12.8 Å². The van der Waals surface area contributed by atoms with Crippen LogP contribution < -0.4 is 0 Å². The molecule has 104 valence electrons. The first kappa shape index (κ1) is 12.3. The lowest BCUT2D eigenvalue weighted by Crippen LogP contribution is -1.95. The Labute approximate surface area is 126 Å². The highest BCUT2D eigenvalue weighted by Gasteiger charge is 2.04. The van der Waals surface area contributed by atoms with Crippen molar-refractivity contribution in [2.45, 2.75) is 12.8 Å². The number of thiazole rings is 1. The van der Waals surface area contributed by atoms with Crippen molar-refractivity contribution < 1.29 is 0 Å². The first-order valence-electron chi connectivity index (χ1n) is 6.87. The molecule has 4 nitrogen and oxygen atoms in total. The van der Waals surface area contributed by atoms with E-state index in [4.69, 9.17) is 0 Å². The Bertz CT molecular complexity index is 840. The van der Waals surface area contributed by atoms with Crippen LogP contribution in [0, 0.1) is 0 Å². The van der Waals surface area contributed by atoms with Gasteiger partial charge in [0.2, 0.25) is 0 Å². The van der Waals surface area contributed by atoms with Gasteiger partial charge in [-0.1, -0.05) is 12.1 Å². The van der Waals surface area contributed by atoms with Gasteiger partial charge in [-0.15, -0.1) is 11.3 Å². The van der Waals surface area contributed by atoms with Crippen LogP contribution in [0.3, 0.4) is 0 Å². The quantitative estimate of drug-likeness (QED) is 0.578. The lowest BCUT2D eigenvalue weighted by atomic mass is 10.1. The van der Waals surface area contributed by atoms with Gasteiger partial charge in [-0.25, -0.2) is 9.97 Å². The summed E-state index contributed by atoms with van der Waals surface area (Å²) in [4.78, 5) is 9.55. The van der Waals surface area contributed by atoms with Crippen molar-refractivity contribution in [3.05, 3.63) is 72.0 Å². The van der Waals surface area contributed by atoms with Crippen LogP contribution in [0.25, 0.3) is 10.6 Å². The first-order chi connectivity index (χ1) is 10.4. The predicted octanol–water partition coefficient (Wildman–Crippen LogP) is 3.37. The number of nitrogens with zero attached hydrogens (tertiary/aromatic N) is 4. The molecule has 21 heavy (non-hydrogen) atoms. The Morgan fingerprint density at radius 3 is 2.76 bits per heavy atom. The summed E-state index contributed by atoms with van der Waals surface area (Å²) in [6, 6.07) is 8.63. The van der Waals surface area contributed by atoms with E-state index in [1.54, 1.807) is 17.5 Å². The number of aromatic nitrogens is 4. The summed E-state index contributed by atoms with van der Waals surface area (Å²) in [7, 11) is 0. The molecule has 0 saturated carbocycles. The largest absolute Gasteiger partial charge is 0.306 e. The fraction of sp³-hybridized carbons (Fsp3) is 0.125. The van der Waals surface area contributed by atoms with E-state index in [0.717, 1.165) is 23.5 Å². The average molecular weight is 294 g/mol. The molecule has 5 heteroatoms. The second kappa shape index (κ2) is 5.18. The van der Waals surface area contributed by atoms with Crippen molar-refractivity contribution >= 4 is 16.3 Å². The highest BCUT2D eigenvalue weighted by molar-refractivity contribution is 7.15. The molecule has 0 saturated heterocycles. The van der Waals surface area contributed by atoms with Crippen molar-refractivity contribution in [3.63, 3.8) is 0 Å². The average Bonchev–Trinajstić information content (AvgIpc) is 3.24. The van der Waals surface area contributed by atoms with Crippen LogP contribution in [0.2, 0.25) is 0 Å². The molecule has 0 bridgehead atoms. The summed E-state index contributed by atoms with van der Waals surface area (Å²) in [5, 5.41) is 2.08. The van der Waals surface area contributed by atoms with Crippen molar-refractivity contribution in [1.82, 2.24) is 18.9 Å². The zero-order valence-electron chi connectivity index (χ0n) is 11.4. The minimum Gasteiger partial charge on any atom is -0.306 e. The minimum atomic E-state index is 1.00. The third-order valence-corrected chi connectivity index (χ3v) is 4.40. The van der Waals surface area contributed by atoms with Gasteiger partial charge in [0.05, 0.1) is 12.5 Å². The molecule has 0 unspecified atom stereocenters. The number of hydrogen-bond acceptors (Lipinski definition) is 3. The molecule has 0 aliphatic heterocycles. The van der Waals surface area contributed by atoms with Gasteiger partial charge in [-0.3, -0.25) is 4.40 Å². The van der Waals surface area contributed by atoms with E-state index in [9.17, 15) is 0 Å². The van der Waals surface area contributed by atoms with E-state index >= 15 is 0 Å². The molecule has 3 aromatic heterocycles. The van der Waals surface area contributed by atoms with E-state index in [0.29, 0.717) is 0 Å². The summed E-state index contributed by atoms with van der Waals surface area (Å²) < 4.78 is 4.18. The molecular weight excluding hydrogens is 280 g/mol. The molecule has 0 aliphatic rings. The number of imidazole rings is 2. The third kappa shape index (κ3) is 2.36. The lowest BCUT2D eigenvalue weighted by molar-refractivity contribution is 0.898. The van der Waals surface area contributed by atoms with Gasteiger partial charge in [0.1, 0.15) is 0 Å². The Hall–Kier alpha value is -2.40. The molecule has 0 aliphatic carbocycles. The summed E-state index contributed by atoms with van der Waals surface area (Å²) in [5.41, 5.74) is 3.75. The zero-order valence-corrected chi connectivity index (χ0v) is 12.2. The van der Waals surface area contributed by atoms with Gasteiger partial charge in [0.15, 0.2) is 4.96 Å². The SMILES string of the molecule is c1cn(-c2ccc(CCc3cnc4sccn34)cc2)cn1. The van der Waals surface area contributed by atoms with Gasteiger partial charge in [0.25, 0.3) is 0 Å². The van der Waals surface area contributed by atoms with Crippen molar-refractivity contribution in [1.29, 1.82) is 0 Å². The first-order valence-corrected chi connectivity index (χ1v) is 7.75. The molecule has 4 rings (SSSR count). The monoisotopic (exact) mass is 294 g/mol. The predicted molar refractivity (Wildman–Crippen MR) is 84.0 cm³/mol. The number of hydrogen-bond donors (Lipinski definition) is 0. The molecule has 0 N–H and O–H groups in total. The highest BCUT2D eigenvalue weighted by atomic mass is 32.1. The van der Waals surface area contributed by atoms with E-state index < -0.39 is 0 Å². The van der Waals surface area contributed by atoms with E-state index in [-0.39, 0.29) is 0 Å².